The molecule has 0 heterocycles. The van der Waals surface area contributed by atoms with Crippen molar-refractivity contribution in [2.45, 2.75) is 6.42 Å². The van der Waals surface area contributed by atoms with E-state index in [-0.39, 0.29) is 0 Å². The van der Waals surface area contributed by atoms with Gasteiger partial charge in [-0.05, 0) is 37.7 Å². The third kappa shape index (κ3) is 3.50. The van der Waals surface area contributed by atoms with Gasteiger partial charge in [-0.2, -0.15) is 0 Å². The van der Waals surface area contributed by atoms with Crippen LogP contribution in [0.25, 0.3) is 0 Å². The molecule has 0 amide bonds. The fourth-order valence-electron chi connectivity index (χ4n) is 1.33. The van der Waals surface area contributed by atoms with Crippen molar-refractivity contribution in [1.82, 2.24) is 5.32 Å². The Morgan fingerprint density at radius 1 is 1.25 bits per heavy atom. The second-order valence-corrected chi connectivity index (χ2v) is 5.76. The van der Waals surface area contributed by atoms with Gasteiger partial charge in [0.05, 0.1) is 11.9 Å². The number of hydrogen-bond acceptors (Lipinski definition) is 3. The molecule has 0 radical (unpaired) electrons. The molecule has 0 aliphatic rings. The molecule has 4 nitrogen and oxygen atoms in total. The summed E-state index contributed by atoms with van der Waals surface area (Å²) in [6, 6.07) is 7.56. The number of anilines is 1. The molecule has 16 heavy (non-hydrogen) atoms. The molecule has 0 bridgehead atoms. The van der Waals surface area contributed by atoms with Gasteiger partial charge in [0.2, 0.25) is 10.0 Å². The standard InChI is InChI=1S/C11H18N2O2S/c1-12-9-8-10-4-6-11(7-5-10)13(2)16(3,14)15/h4-7,12H,8-9H2,1-3H3. The summed E-state index contributed by atoms with van der Waals surface area (Å²) in [6.07, 6.45) is 2.14. The van der Waals surface area contributed by atoms with Gasteiger partial charge in [-0.25, -0.2) is 8.42 Å². The van der Waals surface area contributed by atoms with Gasteiger partial charge in [-0.15, -0.1) is 0 Å². The molecule has 0 aliphatic carbocycles. The maximum atomic E-state index is 11.3. The summed E-state index contributed by atoms with van der Waals surface area (Å²) < 4.78 is 23.9. The minimum absolute atomic E-state index is 0.690. The van der Waals surface area contributed by atoms with Gasteiger partial charge in [0.25, 0.3) is 0 Å². The monoisotopic (exact) mass is 242 g/mol. The second kappa shape index (κ2) is 5.32. The molecule has 0 spiro atoms. The van der Waals surface area contributed by atoms with E-state index in [9.17, 15) is 8.42 Å². The van der Waals surface area contributed by atoms with Gasteiger partial charge < -0.3 is 5.32 Å². The van der Waals surface area contributed by atoms with E-state index in [1.54, 1.807) is 7.05 Å². The van der Waals surface area contributed by atoms with E-state index >= 15 is 0 Å². The Bertz CT molecular complexity index is 426. The van der Waals surface area contributed by atoms with Crippen LogP contribution in [-0.4, -0.2) is 35.3 Å². The van der Waals surface area contributed by atoms with Crippen LogP contribution in [0.1, 0.15) is 5.56 Å². The number of nitrogens with zero attached hydrogens (tertiary/aromatic N) is 1. The molecule has 0 saturated heterocycles. The van der Waals surface area contributed by atoms with Gasteiger partial charge in [0.1, 0.15) is 0 Å². The molecule has 1 rings (SSSR count). The zero-order valence-electron chi connectivity index (χ0n) is 9.90. The Labute approximate surface area is 97.3 Å². The van der Waals surface area contributed by atoms with Crippen LogP contribution in [0.2, 0.25) is 0 Å². The molecule has 5 heteroatoms. The quantitative estimate of drug-likeness (QED) is 0.832. The van der Waals surface area contributed by atoms with Crippen molar-refractivity contribution in [1.29, 1.82) is 0 Å². The largest absolute Gasteiger partial charge is 0.319 e. The van der Waals surface area contributed by atoms with E-state index < -0.39 is 10.0 Å². The predicted octanol–water partition coefficient (Wildman–Crippen LogP) is 0.844. The molecule has 0 fully saturated rings. The summed E-state index contributed by atoms with van der Waals surface area (Å²) in [6.45, 7) is 0.918. The fraction of sp³-hybridized carbons (Fsp3) is 0.455. The smallest absolute Gasteiger partial charge is 0.231 e. The first-order valence-corrected chi connectivity index (χ1v) is 6.97. The molecule has 0 saturated carbocycles. The first kappa shape index (κ1) is 13.0. The van der Waals surface area contributed by atoms with E-state index in [4.69, 9.17) is 0 Å². The van der Waals surface area contributed by atoms with Crippen molar-refractivity contribution in [3.8, 4) is 0 Å². The van der Waals surface area contributed by atoms with E-state index in [1.807, 2.05) is 31.3 Å². The average molecular weight is 242 g/mol. The number of nitrogens with one attached hydrogen (secondary N) is 1. The summed E-state index contributed by atoms with van der Waals surface area (Å²) in [5.41, 5.74) is 1.88. The molecule has 0 atom stereocenters. The maximum absolute atomic E-state index is 11.3. The third-order valence-corrected chi connectivity index (χ3v) is 3.67. The molecular formula is C11H18N2O2S. The van der Waals surface area contributed by atoms with Crippen molar-refractivity contribution in [2.75, 3.05) is 31.2 Å². The average Bonchev–Trinajstić information content (AvgIpc) is 2.25. The van der Waals surface area contributed by atoms with Crippen LogP contribution in [0.4, 0.5) is 5.69 Å². The third-order valence-electron chi connectivity index (χ3n) is 2.46. The van der Waals surface area contributed by atoms with Crippen molar-refractivity contribution in [3.05, 3.63) is 29.8 Å². The topological polar surface area (TPSA) is 49.4 Å². The van der Waals surface area contributed by atoms with E-state index in [0.717, 1.165) is 13.0 Å². The highest BCUT2D eigenvalue weighted by atomic mass is 32.2. The van der Waals surface area contributed by atoms with Crippen LogP contribution >= 0.6 is 0 Å². The van der Waals surface area contributed by atoms with Gasteiger partial charge in [0, 0.05) is 7.05 Å². The number of rotatable bonds is 5. The van der Waals surface area contributed by atoms with Gasteiger partial charge >= 0.3 is 0 Å². The summed E-state index contributed by atoms with van der Waals surface area (Å²) in [4.78, 5) is 0. The highest BCUT2D eigenvalue weighted by Crippen LogP contribution is 2.16. The predicted molar refractivity (Wildman–Crippen MR) is 67.3 cm³/mol. The first-order valence-electron chi connectivity index (χ1n) is 5.12. The highest BCUT2D eigenvalue weighted by molar-refractivity contribution is 7.92. The van der Waals surface area contributed by atoms with E-state index in [0.29, 0.717) is 5.69 Å². The Hall–Kier alpha value is -1.07. The van der Waals surface area contributed by atoms with Gasteiger partial charge in [-0.3, -0.25) is 4.31 Å². The Morgan fingerprint density at radius 3 is 2.25 bits per heavy atom. The number of hydrogen-bond donors (Lipinski definition) is 1. The van der Waals surface area contributed by atoms with Crippen molar-refractivity contribution >= 4 is 15.7 Å². The molecule has 1 N–H and O–H groups in total. The van der Waals surface area contributed by atoms with Crippen molar-refractivity contribution in [2.24, 2.45) is 0 Å². The Morgan fingerprint density at radius 2 is 1.81 bits per heavy atom. The van der Waals surface area contributed by atoms with Crippen molar-refractivity contribution in [3.63, 3.8) is 0 Å². The number of likely N-dealkylation sites (N-methyl/N-ethyl adjacent to an activating group) is 1. The summed E-state index contributed by atoms with van der Waals surface area (Å²) in [7, 11) is 0.297. The van der Waals surface area contributed by atoms with Crippen LogP contribution in [0, 0.1) is 0 Å². The summed E-state index contributed by atoms with van der Waals surface area (Å²) in [5.74, 6) is 0. The molecule has 0 unspecified atom stereocenters. The van der Waals surface area contributed by atoms with Crippen LogP contribution < -0.4 is 9.62 Å². The lowest BCUT2D eigenvalue weighted by Gasteiger charge is -2.16. The summed E-state index contributed by atoms with van der Waals surface area (Å²) >= 11 is 0. The van der Waals surface area contributed by atoms with Gasteiger partial charge in [-0.1, -0.05) is 12.1 Å². The Balaban J connectivity index is 2.79. The fourth-order valence-corrected chi connectivity index (χ4v) is 1.84. The molecular weight excluding hydrogens is 224 g/mol. The lowest BCUT2D eigenvalue weighted by molar-refractivity contribution is 0.600. The lowest BCUT2D eigenvalue weighted by atomic mass is 10.1. The maximum Gasteiger partial charge on any atom is 0.231 e. The SMILES string of the molecule is CNCCc1ccc(N(C)S(C)(=O)=O)cc1. The minimum Gasteiger partial charge on any atom is -0.319 e. The molecule has 0 aromatic heterocycles. The number of benzene rings is 1. The normalized spacial score (nSPS) is 11.4. The number of sulfonamides is 1. The second-order valence-electron chi connectivity index (χ2n) is 3.75. The zero-order chi connectivity index (χ0) is 12.2. The summed E-state index contributed by atoms with van der Waals surface area (Å²) in [5, 5.41) is 3.07. The molecule has 90 valence electrons. The minimum atomic E-state index is -3.16. The molecule has 1 aromatic carbocycles. The molecule has 1 aromatic rings. The Kier molecular flexibility index (Phi) is 4.32. The first-order chi connectivity index (χ1) is 7.45. The van der Waals surface area contributed by atoms with Crippen LogP contribution in [-0.2, 0) is 16.4 Å². The van der Waals surface area contributed by atoms with Crippen molar-refractivity contribution < 1.29 is 8.42 Å². The zero-order valence-corrected chi connectivity index (χ0v) is 10.7. The molecule has 0 aliphatic heterocycles. The van der Waals surface area contributed by atoms with Crippen LogP contribution in [0.15, 0.2) is 24.3 Å². The highest BCUT2D eigenvalue weighted by Gasteiger charge is 2.10. The van der Waals surface area contributed by atoms with Crippen LogP contribution in [0.3, 0.4) is 0 Å². The van der Waals surface area contributed by atoms with E-state index in [1.165, 1.54) is 16.1 Å². The van der Waals surface area contributed by atoms with Crippen LogP contribution in [0.5, 0.6) is 0 Å². The lowest BCUT2D eigenvalue weighted by Crippen LogP contribution is -2.24. The van der Waals surface area contributed by atoms with Gasteiger partial charge in [0.15, 0.2) is 0 Å². The van der Waals surface area contributed by atoms with E-state index in [2.05, 4.69) is 5.32 Å².